The Balaban J connectivity index is 1.47. The Kier molecular flexibility index (Phi) is 5.25. The summed E-state index contributed by atoms with van der Waals surface area (Å²) in [6, 6.07) is 10.9. The summed E-state index contributed by atoms with van der Waals surface area (Å²) in [7, 11) is 0. The Hall–Kier alpha value is -2.94. The summed E-state index contributed by atoms with van der Waals surface area (Å²) in [5.41, 5.74) is 2.61. The van der Waals surface area contributed by atoms with Crippen molar-refractivity contribution in [1.29, 1.82) is 5.26 Å². The van der Waals surface area contributed by atoms with Crippen LogP contribution in [0.15, 0.2) is 36.7 Å². The number of benzene rings is 1. The molecule has 1 N–H and O–H groups in total. The first-order chi connectivity index (χ1) is 13.7. The summed E-state index contributed by atoms with van der Waals surface area (Å²) in [6.45, 7) is 2.06. The van der Waals surface area contributed by atoms with E-state index in [1.165, 1.54) is 18.2 Å². The fourth-order valence-electron chi connectivity index (χ4n) is 4.69. The minimum absolute atomic E-state index is 0.210. The molecule has 0 saturated carbocycles. The molecule has 6 heteroatoms. The van der Waals surface area contributed by atoms with Gasteiger partial charge in [0.05, 0.1) is 6.42 Å². The molecule has 1 aromatic heterocycles. The smallest absolute Gasteiger partial charge is 0.227 e. The zero-order valence-electron chi connectivity index (χ0n) is 16.1. The highest BCUT2D eigenvalue weighted by molar-refractivity contribution is 5.80. The molecule has 1 amide bonds. The normalized spacial score (nSPS) is 23.7. The van der Waals surface area contributed by atoms with Crippen molar-refractivity contribution >= 4 is 11.7 Å². The zero-order valence-corrected chi connectivity index (χ0v) is 16.1. The van der Waals surface area contributed by atoms with Gasteiger partial charge in [0.2, 0.25) is 5.91 Å². The van der Waals surface area contributed by atoms with Gasteiger partial charge in [-0.15, -0.1) is 0 Å². The van der Waals surface area contributed by atoms with Crippen molar-refractivity contribution < 1.29 is 4.79 Å². The van der Waals surface area contributed by atoms with Gasteiger partial charge in [0.25, 0.3) is 0 Å². The summed E-state index contributed by atoms with van der Waals surface area (Å²) in [4.78, 5) is 23.7. The lowest BCUT2D eigenvalue weighted by Crippen LogP contribution is -2.57. The fraction of sp³-hybridized carbons (Fsp3) is 0.455. The average molecular weight is 375 g/mol. The van der Waals surface area contributed by atoms with E-state index < -0.39 is 0 Å². The van der Waals surface area contributed by atoms with Crippen LogP contribution in [0.4, 0.5) is 5.82 Å². The van der Waals surface area contributed by atoms with E-state index in [4.69, 9.17) is 0 Å². The highest BCUT2D eigenvalue weighted by atomic mass is 16.2. The van der Waals surface area contributed by atoms with Gasteiger partial charge in [0.15, 0.2) is 11.5 Å². The van der Waals surface area contributed by atoms with Crippen LogP contribution >= 0.6 is 0 Å². The first-order valence-corrected chi connectivity index (χ1v) is 9.99. The van der Waals surface area contributed by atoms with Gasteiger partial charge < -0.3 is 10.2 Å². The van der Waals surface area contributed by atoms with E-state index in [1.54, 1.807) is 6.20 Å². The number of nitrogens with zero attached hydrogens (tertiary/aromatic N) is 4. The average Bonchev–Trinajstić information content (AvgIpc) is 2.69. The van der Waals surface area contributed by atoms with E-state index in [0.717, 1.165) is 31.2 Å². The quantitative estimate of drug-likeness (QED) is 0.887. The van der Waals surface area contributed by atoms with Crippen LogP contribution in [0.1, 0.15) is 48.9 Å². The third-order valence-electron chi connectivity index (χ3n) is 6.01. The number of rotatable bonds is 4. The lowest BCUT2D eigenvalue weighted by Gasteiger charge is -2.49. The molecule has 0 spiro atoms. The number of hydrogen-bond donors (Lipinski definition) is 1. The molecule has 3 atom stereocenters. The molecule has 2 aromatic rings. The number of carbonyl (C=O) groups excluding carboxylic acids is 1. The predicted octanol–water partition coefficient (Wildman–Crippen LogP) is 3.22. The molecular formula is C22H25N5O. The maximum Gasteiger partial charge on any atom is 0.227 e. The van der Waals surface area contributed by atoms with Gasteiger partial charge in [0.1, 0.15) is 6.07 Å². The van der Waals surface area contributed by atoms with Gasteiger partial charge in [-0.05, 0) is 50.2 Å². The maximum absolute atomic E-state index is 13.1. The summed E-state index contributed by atoms with van der Waals surface area (Å²) in [5.74, 6) is 0.785. The number of nitriles is 1. The molecule has 1 unspecified atom stereocenters. The number of carbonyl (C=O) groups is 1. The predicted molar refractivity (Wildman–Crippen MR) is 107 cm³/mol. The Morgan fingerprint density at radius 1 is 1.21 bits per heavy atom. The second-order valence-electron chi connectivity index (χ2n) is 7.82. The Bertz CT molecular complexity index is 892. The number of aryl methyl sites for hydroxylation is 1. The number of fused-ring (bicyclic) bond motifs is 2. The first-order valence-electron chi connectivity index (χ1n) is 9.99. The van der Waals surface area contributed by atoms with Crippen molar-refractivity contribution in [3.8, 4) is 6.07 Å². The molecule has 2 aliphatic rings. The van der Waals surface area contributed by atoms with E-state index in [9.17, 15) is 10.1 Å². The highest BCUT2D eigenvalue weighted by Gasteiger charge is 2.40. The summed E-state index contributed by atoms with van der Waals surface area (Å²) >= 11 is 0. The Morgan fingerprint density at radius 2 is 1.93 bits per heavy atom. The lowest BCUT2D eigenvalue weighted by atomic mass is 9.81. The third-order valence-corrected chi connectivity index (χ3v) is 6.01. The maximum atomic E-state index is 13.1. The van der Waals surface area contributed by atoms with Gasteiger partial charge in [-0.3, -0.25) is 4.79 Å². The number of aromatic nitrogens is 2. The van der Waals surface area contributed by atoms with Crippen molar-refractivity contribution in [2.75, 3.05) is 5.32 Å². The third kappa shape index (κ3) is 3.70. The Labute approximate surface area is 165 Å². The fourth-order valence-corrected chi connectivity index (χ4v) is 4.69. The number of anilines is 1. The van der Waals surface area contributed by atoms with Crippen molar-refractivity contribution in [2.24, 2.45) is 0 Å². The van der Waals surface area contributed by atoms with Gasteiger partial charge in [-0.1, -0.05) is 24.3 Å². The molecule has 4 rings (SSSR count). The SMILES string of the molecule is Cc1ccccc1CC(=O)N1[C@@H]2CCC[C@H]1CC(Nc1nccnc1C#N)C2. The molecule has 2 bridgehead atoms. The monoisotopic (exact) mass is 375 g/mol. The van der Waals surface area contributed by atoms with Crippen LogP contribution in [0.25, 0.3) is 0 Å². The molecule has 1 aromatic carbocycles. The lowest BCUT2D eigenvalue weighted by molar-refractivity contribution is -0.140. The van der Waals surface area contributed by atoms with Gasteiger partial charge in [0, 0.05) is 30.5 Å². The van der Waals surface area contributed by atoms with Crippen molar-refractivity contribution in [2.45, 2.75) is 63.6 Å². The van der Waals surface area contributed by atoms with E-state index in [0.29, 0.717) is 17.9 Å². The minimum Gasteiger partial charge on any atom is -0.365 e. The number of nitrogens with one attached hydrogen (secondary N) is 1. The molecule has 6 nitrogen and oxygen atoms in total. The van der Waals surface area contributed by atoms with E-state index in [1.807, 2.05) is 12.1 Å². The highest BCUT2D eigenvalue weighted by Crippen LogP contribution is 2.35. The molecule has 2 fully saturated rings. The standard InChI is InChI=1S/C22H25N5O/c1-15-5-2-3-6-16(15)11-21(28)27-18-7-4-8-19(27)13-17(12-18)26-22-20(14-23)24-9-10-25-22/h2-3,5-6,9-10,17-19H,4,7-8,11-13H2,1H3,(H,25,26)/t17?,18-,19+. The second kappa shape index (κ2) is 7.97. The molecule has 28 heavy (non-hydrogen) atoms. The molecule has 3 heterocycles. The van der Waals surface area contributed by atoms with Crippen LogP contribution in [0.5, 0.6) is 0 Å². The number of amides is 1. The van der Waals surface area contributed by atoms with Gasteiger partial charge in [-0.2, -0.15) is 5.26 Å². The van der Waals surface area contributed by atoms with Crippen LogP contribution < -0.4 is 5.32 Å². The van der Waals surface area contributed by atoms with Crippen LogP contribution in [0.3, 0.4) is 0 Å². The molecule has 144 valence electrons. The largest absolute Gasteiger partial charge is 0.365 e. The topological polar surface area (TPSA) is 81.9 Å². The van der Waals surface area contributed by atoms with Crippen LogP contribution in [-0.4, -0.2) is 38.9 Å². The molecule has 2 aliphatic heterocycles. The van der Waals surface area contributed by atoms with Crippen molar-refractivity contribution in [3.05, 3.63) is 53.5 Å². The van der Waals surface area contributed by atoms with Gasteiger partial charge >= 0.3 is 0 Å². The molecular weight excluding hydrogens is 350 g/mol. The van der Waals surface area contributed by atoms with Crippen LogP contribution in [0.2, 0.25) is 0 Å². The zero-order chi connectivity index (χ0) is 19.5. The molecule has 2 saturated heterocycles. The van der Waals surface area contributed by atoms with E-state index in [-0.39, 0.29) is 24.0 Å². The summed E-state index contributed by atoms with van der Waals surface area (Å²) in [5, 5.41) is 12.7. The van der Waals surface area contributed by atoms with Gasteiger partial charge in [-0.25, -0.2) is 9.97 Å². The van der Waals surface area contributed by atoms with Crippen molar-refractivity contribution in [1.82, 2.24) is 14.9 Å². The van der Waals surface area contributed by atoms with E-state index >= 15 is 0 Å². The molecule has 0 radical (unpaired) electrons. The second-order valence-corrected chi connectivity index (χ2v) is 7.82. The minimum atomic E-state index is 0.210. The number of piperidine rings is 2. The Morgan fingerprint density at radius 3 is 2.64 bits per heavy atom. The van der Waals surface area contributed by atoms with E-state index in [2.05, 4.69) is 45.3 Å². The first kappa shape index (κ1) is 18.4. The summed E-state index contributed by atoms with van der Waals surface area (Å²) in [6.07, 6.45) is 8.63. The summed E-state index contributed by atoms with van der Waals surface area (Å²) < 4.78 is 0. The van der Waals surface area contributed by atoms with Crippen molar-refractivity contribution in [3.63, 3.8) is 0 Å². The van der Waals surface area contributed by atoms with Crippen LogP contribution in [-0.2, 0) is 11.2 Å². The number of hydrogen-bond acceptors (Lipinski definition) is 5. The molecule has 0 aliphatic carbocycles. The van der Waals surface area contributed by atoms with Crippen LogP contribution in [0, 0.1) is 18.3 Å².